The van der Waals surface area contributed by atoms with Crippen LogP contribution >= 0.6 is 0 Å². The molecule has 1 amide bonds. The summed E-state index contributed by atoms with van der Waals surface area (Å²) >= 11 is 0. The van der Waals surface area contributed by atoms with Gasteiger partial charge in [-0.25, -0.2) is 4.98 Å². The third-order valence-corrected chi connectivity index (χ3v) is 5.36. The number of likely N-dealkylation sites (tertiary alicyclic amines) is 1. The summed E-state index contributed by atoms with van der Waals surface area (Å²) in [5, 5.41) is 7.31. The van der Waals surface area contributed by atoms with E-state index < -0.39 is 11.7 Å². The molecule has 1 aromatic carbocycles. The number of nitrogens with one attached hydrogen (secondary N) is 1. The van der Waals surface area contributed by atoms with Crippen molar-refractivity contribution in [3.05, 3.63) is 65.5 Å². The summed E-state index contributed by atoms with van der Waals surface area (Å²) in [5.41, 5.74) is 0.958. The van der Waals surface area contributed by atoms with Gasteiger partial charge in [0.05, 0.1) is 17.9 Å². The van der Waals surface area contributed by atoms with Crippen LogP contribution in [0.3, 0.4) is 0 Å². The number of carbonyl (C=O) groups is 1. The van der Waals surface area contributed by atoms with Gasteiger partial charge >= 0.3 is 6.18 Å². The molecular formula is C21H22F3N5O2. The van der Waals surface area contributed by atoms with Crippen molar-refractivity contribution in [2.24, 2.45) is 7.05 Å². The Kier molecular flexibility index (Phi) is 5.71. The number of aromatic nitrogens is 4. The lowest BCUT2D eigenvalue weighted by atomic mass is 10.0. The molecule has 0 radical (unpaired) electrons. The van der Waals surface area contributed by atoms with Gasteiger partial charge < -0.3 is 14.2 Å². The van der Waals surface area contributed by atoms with Gasteiger partial charge in [0.15, 0.2) is 5.82 Å². The van der Waals surface area contributed by atoms with Crippen LogP contribution in [-0.2, 0) is 19.6 Å². The van der Waals surface area contributed by atoms with Crippen molar-refractivity contribution in [2.75, 3.05) is 19.7 Å². The minimum atomic E-state index is -4.40. The first-order valence-electron chi connectivity index (χ1n) is 9.92. The molecule has 0 saturated carbocycles. The predicted molar refractivity (Wildman–Crippen MR) is 106 cm³/mol. The number of aryl methyl sites for hydroxylation is 1. The number of amides is 1. The minimum Gasteiger partial charge on any atom is -0.493 e. The third-order valence-electron chi connectivity index (χ3n) is 5.36. The highest BCUT2D eigenvalue weighted by molar-refractivity contribution is 5.91. The molecule has 3 heterocycles. The lowest BCUT2D eigenvalue weighted by molar-refractivity contribution is -0.137. The quantitative estimate of drug-likeness (QED) is 0.647. The molecule has 10 heteroatoms. The second kappa shape index (κ2) is 8.44. The monoisotopic (exact) mass is 433 g/mol. The third kappa shape index (κ3) is 4.73. The Morgan fingerprint density at radius 1 is 1.32 bits per heavy atom. The zero-order valence-electron chi connectivity index (χ0n) is 16.9. The molecular weight excluding hydrogens is 411 g/mol. The Bertz CT molecular complexity index is 1060. The van der Waals surface area contributed by atoms with Crippen LogP contribution in [0.2, 0.25) is 0 Å². The topological polar surface area (TPSA) is 76.0 Å². The Labute approximate surface area is 176 Å². The van der Waals surface area contributed by atoms with Crippen LogP contribution in [0.25, 0.3) is 0 Å². The summed E-state index contributed by atoms with van der Waals surface area (Å²) in [7, 11) is 1.79. The fraction of sp³-hybridized carbons (Fsp3) is 0.381. The van der Waals surface area contributed by atoms with E-state index in [9.17, 15) is 18.0 Å². The molecule has 4 rings (SSSR count). The maximum Gasteiger partial charge on any atom is 0.416 e. The van der Waals surface area contributed by atoms with Crippen LogP contribution in [0.15, 0.2) is 42.7 Å². The normalized spacial score (nSPS) is 16.6. The van der Waals surface area contributed by atoms with Crippen LogP contribution in [0.4, 0.5) is 13.2 Å². The summed E-state index contributed by atoms with van der Waals surface area (Å²) in [4.78, 5) is 18.5. The van der Waals surface area contributed by atoms with Crippen LogP contribution < -0.4 is 4.74 Å². The Balaban J connectivity index is 1.30. The van der Waals surface area contributed by atoms with Gasteiger partial charge in [-0.15, -0.1) is 0 Å². The molecule has 31 heavy (non-hydrogen) atoms. The van der Waals surface area contributed by atoms with E-state index in [1.54, 1.807) is 28.9 Å². The Hall–Kier alpha value is -3.30. The van der Waals surface area contributed by atoms with Gasteiger partial charge in [0.25, 0.3) is 5.91 Å². The molecule has 0 spiro atoms. The average molecular weight is 433 g/mol. The fourth-order valence-electron chi connectivity index (χ4n) is 3.66. The minimum absolute atomic E-state index is 0.0970. The number of ether oxygens (including phenoxy) is 1. The van der Waals surface area contributed by atoms with Gasteiger partial charge in [0.2, 0.25) is 0 Å². The van der Waals surface area contributed by atoms with E-state index in [1.165, 1.54) is 12.1 Å². The second-order valence-corrected chi connectivity index (χ2v) is 7.54. The summed E-state index contributed by atoms with van der Waals surface area (Å²) in [6.45, 7) is 1.42. The first-order valence-corrected chi connectivity index (χ1v) is 9.92. The van der Waals surface area contributed by atoms with Crippen molar-refractivity contribution in [3.8, 4) is 5.75 Å². The number of hydrogen-bond donors (Lipinski definition) is 1. The molecule has 0 unspecified atom stereocenters. The number of halogens is 3. The number of carbonyl (C=O) groups excluding carboxylic acids is 1. The van der Waals surface area contributed by atoms with Gasteiger partial charge in [-0.1, -0.05) is 6.07 Å². The first kappa shape index (κ1) is 21.0. The molecule has 0 bridgehead atoms. The van der Waals surface area contributed by atoms with E-state index in [0.717, 1.165) is 29.9 Å². The molecule has 1 saturated heterocycles. The molecule has 1 aliphatic rings. The van der Waals surface area contributed by atoms with Gasteiger partial charge in [0, 0.05) is 50.6 Å². The van der Waals surface area contributed by atoms with E-state index in [-0.39, 0.29) is 24.2 Å². The van der Waals surface area contributed by atoms with Gasteiger partial charge in [0.1, 0.15) is 5.75 Å². The van der Waals surface area contributed by atoms with Gasteiger partial charge in [-0.05, 0) is 30.7 Å². The predicted octanol–water partition coefficient (Wildman–Crippen LogP) is 3.41. The van der Waals surface area contributed by atoms with Crippen LogP contribution in [-0.4, -0.2) is 50.3 Å². The Morgan fingerprint density at radius 2 is 2.16 bits per heavy atom. The number of hydrogen-bond acceptors (Lipinski definition) is 4. The molecule has 164 valence electrons. The van der Waals surface area contributed by atoms with E-state index in [4.69, 9.17) is 4.74 Å². The maximum atomic E-state index is 12.8. The smallest absolute Gasteiger partial charge is 0.416 e. The van der Waals surface area contributed by atoms with Gasteiger partial charge in [-0.2, -0.15) is 18.3 Å². The SMILES string of the molecule is Cn1ccnc1C(=O)N1CC[C@H](c2cc(CCOc3cccc(C(F)(F)F)c3)[nH]n2)C1. The summed E-state index contributed by atoms with van der Waals surface area (Å²) in [6.07, 6.45) is 0.224. The molecule has 0 aliphatic carbocycles. The highest BCUT2D eigenvalue weighted by Crippen LogP contribution is 2.31. The number of alkyl halides is 3. The highest BCUT2D eigenvalue weighted by atomic mass is 19.4. The van der Waals surface area contributed by atoms with Crippen molar-refractivity contribution >= 4 is 5.91 Å². The van der Waals surface area contributed by atoms with Crippen molar-refractivity contribution in [2.45, 2.75) is 24.9 Å². The number of H-pyrrole nitrogens is 1. The molecule has 1 aliphatic heterocycles. The van der Waals surface area contributed by atoms with E-state index in [0.29, 0.717) is 25.3 Å². The van der Waals surface area contributed by atoms with E-state index >= 15 is 0 Å². The van der Waals surface area contributed by atoms with Crippen LogP contribution in [0, 0.1) is 0 Å². The largest absolute Gasteiger partial charge is 0.493 e. The van der Waals surface area contributed by atoms with Crippen LogP contribution in [0.5, 0.6) is 5.75 Å². The standard InChI is InChI=1S/C21H22F3N5O2/c1-28-9-7-25-19(28)20(30)29-8-5-14(13-29)18-12-16(26-27-18)6-10-31-17-4-2-3-15(11-17)21(22,23)24/h2-4,7,9,11-12,14H,5-6,8,10,13H2,1H3,(H,26,27)/t14-/m0/s1. The van der Waals surface area contributed by atoms with Crippen molar-refractivity contribution < 1.29 is 22.7 Å². The number of benzene rings is 1. The molecule has 1 fully saturated rings. The molecule has 1 atom stereocenters. The van der Waals surface area contributed by atoms with E-state index in [1.807, 2.05) is 6.07 Å². The number of aromatic amines is 1. The van der Waals surface area contributed by atoms with Crippen LogP contribution in [0.1, 0.15) is 39.9 Å². The fourth-order valence-corrected chi connectivity index (χ4v) is 3.66. The average Bonchev–Trinajstić information content (AvgIpc) is 3.47. The number of nitrogens with zero attached hydrogens (tertiary/aromatic N) is 4. The van der Waals surface area contributed by atoms with Crippen molar-refractivity contribution in [1.29, 1.82) is 0 Å². The van der Waals surface area contributed by atoms with Crippen molar-refractivity contribution in [1.82, 2.24) is 24.6 Å². The highest BCUT2D eigenvalue weighted by Gasteiger charge is 2.31. The first-order chi connectivity index (χ1) is 14.8. The number of rotatable bonds is 6. The molecule has 1 N–H and O–H groups in total. The molecule has 3 aromatic rings. The summed E-state index contributed by atoms with van der Waals surface area (Å²) in [6, 6.07) is 6.75. The lowest BCUT2D eigenvalue weighted by Gasteiger charge is -2.15. The maximum absolute atomic E-state index is 12.8. The molecule has 2 aromatic heterocycles. The Morgan fingerprint density at radius 3 is 2.90 bits per heavy atom. The number of imidazole rings is 1. The molecule has 7 nitrogen and oxygen atoms in total. The summed E-state index contributed by atoms with van der Waals surface area (Å²) < 4.78 is 45.5. The van der Waals surface area contributed by atoms with E-state index in [2.05, 4.69) is 15.2 Å². The van der Waals surface area contributed by atoms with Crippen molar-refractivity contribution in [3.63, 3.8) is 0 Å². The zero-order chi connectivity index (χ0) is 22.0. The second-order valence-electron chi connectivity index (χ2n) is 7.54. The lowest BCUT2D eigenvalue weighted by Crippen LogP contribution is -2.30. The zero-order valence-corrected chi connectivity index (χ0v) is 16.9. The van der Waals surface area contributed by atoms with Gasteiger partial charge in [-0.3, -0.25) is 9.89 Å². The summed E-state index contributed by atoms with van der Waals surface area (Å²) in [5.74, 6) is 0.614.